The fraction of sp³-hybridized carbons (Fsp3) is 0.200. The highest BCUT2D eigenvalue weighted by Crippen LogP contribution is 2.28. The standard InChI is InChI=1S/C15H16BrNO2S/c1-10-6-7-14(11(2)8-10)20(18,19)9-12-4-3-5-13(17)15(12)16/h3-8H,9,17H2,1-2H3. The summed E-state index contributed by atoms with van der Waals surface area (Å²) in [6.45, 7) is 3.76. The molecule has 0 saturated carbocycles. The molecule has 2 aromatic rings. The zero-order valence-corrected chi connectivity index (χ0v) is 13.8. The van der Waals surface area contributed by atoms with Gasteiger partial charge in [-0.05, 0) is 53.0 Å². The van der Waals surface area contributed by atoms with E-state index in [-0.39, 0.29) is 5.75 Å². The van der Waals surface area contributed by atoms with Gasteiger partial charge in [0.15, 0.2) is 9.84 Å². The molecule has 0 spiro atoms. The third kappa shape index (κ3) is 3.04. The van der Waals surface area contributed by atoms with Crippen LogP contribution in [-0.2, 0) is 15.6 Å². The van der Waals surface area contributed by atoms with E-state index in [2.05, 4.69) is 15.9 Å². The predicted molar refractivity (Wildman–Crippen MR) is 85.4 cm³/mol. The van der Waals surface area contributed by atoms with E-state index in [1.807, 2.05) is 26.0 Å². The highest BCUT2D eigenvalue weighted by Gasteiger charge is 2.19. The van der Waals surface area contributed by atoms with E-state index in [0.29, 0.717) is 20.6 Å². The Morgan fingerprint density at radius 1 is 1.15 bits per heavy atom. The van der Waals surface area contributed by atoms with Gasteiger partial charge in [-0.3, -0.25) is 0 Å². The molecule has 0 amide bonds. The van der Waals surface area contributed by atoms with Crippen LogP contribution < -0.4 is 5.73 Å². The zero-order chi connectivity index (χ0) is 14.9. The van der Waals surface area contributed by atoms with Crippen molar-refractivity contribution in [2.24, 2.45) is 0 Å². The number of nitrogen functional groups attached to an aromatic ring is 1. The molecule has 0 bridgehead atoms. The highest BCUT2D eigenvalue weighted by atomic mass is 79.9. The third-order valence-electron chi connectivity index (χ3n) is 3.12. The molecule has 0 saturated heterocycles. The second-order valence-corrected chi connectivity index (χ2v) is 7.60. The molecule has 0 unspecified atom stereocenters. The van der Waals surface area contributed by atoms with Gasteiger partial charge < -0.3 is 5.73 Å². The lowest BCUT2D eigenvalue weighted by molar-refractivity contribution is 0.594. The first-order valence-corrected chi connectivity index (χ1v) is 8.58. The highest BCUT2D eigenvalue weighted by molar-refractivity contribution is 9.10. The summed E-state index contributed by atoms with van der Waals surface area (Å²) < 4.78 is 25.7. The lowest BCUT2D eigenvalue weighted by atomic mass is 10.2. The zero-order valence-electron chi connectivity index (χ0n) is 11.4. The van der Waals surface area contributed by atoms with Gasteiger partial charge in [0.1, 0.15) is 0 Å². The SMILES string of the molecule is Cc1ccc(S(=O)(=O)Cc2cccc(N)c2Br)c(C)c1. The first-order chi connectivity index (χ1) is 9.31. The molecule has 2 rings (SSSR count). The summed E-state index contributed by atoms with van der Waals surface area (Å²) in [5.74, 6) is -0.0669. The largest absolute Gasteiger partial charge is 0.398 e. The van der Waals surface area contributed by atoms with Gasteiger partial charge in [0, 0.05) is 10.2 Å². The lowest BCUT2D eigenvalue weighted by Gasteiger charge is -2.10. The summed E-state index contributed by atoms with van der Waals surface area (Å²) >= 11 is 3.35. The molecule has 0 aliphatic heterocycles. The molecule has 2 N–H and O–H groups in total. The Morgan fingerprint density at radius 3 is 2.50 bits per heavy atom. The van der Waals surface area contributed by atoms with E-state index in [0.717, 1.165) is 11.1 Å². The molecule has 0 radical (unpaired) electrons. The van der Waals surface area contributed by atoms with Crippen molar-refractivity contribution in [2.75, 3.05) is 5.73 Å². The summed E-state index contributed by atoms with van der Waals surface area (Å²) in [4.78, 5) is 0.373. The smallest absolute Gasteiger partial charge is 0.182 e. The van der Waals surface area contributed by atoms with Crippen LogP contribution in [0.4, 0.5) is 5.69 Å². The van der Waals surface area contributed by atoms with Gasteiger partial charge in [-0.2, -0.15) is 0 Å². The topological polar surface area (TPSA) is 60.2 Å². The van der Waals surface area contributed by atoms with E-state index in [4.69, 9.17) is 5.73 Å². The lowest BCUT2D eigenvalue weighted by Crippen LogP contribution is -2.08. The van der Waals surface area contributed by atoms with Crippen LogP contribution in [0.15, 0.2) is 45.8 Å². The van der Waals surface area contributed by atoms with Crippen LogP contribution in [0, 0.1) is 13.8 Å². The number of nitrogens with two attached hydrogens (primary N) is 1. The number of halogens is 1. The molecule has 0 aliphatic rings. The first kappa shape index (κ1) is 15.1. The number of aryl methyl sites for hydroxylation is 2. The van der Waals surface area contributed by atoms with Crippen LogP contribution in [-0.4, -0.2) is 8.42 Å². The molecule has 2 aromatic carbocycles. The predicted octanol–water partition coefficient (Wildman–Crippen LogP) is 3.62. The summed E-state index contributed by atoms with van der Waals surface area (Å²) in [6, 6.07) is 10.6. The molecule has 5 heteroatoms. The third-order valence-corrected chi connectivity index (χ3v) is 5.91. The Balaban J connectivity index is 2.44. The second-order valence-electron chi connectivity index (χ2n) is 4.85. The maximum Gasteiger partial charge on any atom is 0.182 e. The van der Waals surface area contributed by atoms with Crippen LogP contribution in [0.2, 0.25) is 0 Å². The number of benzene rings is 2. The van der Waals surface area contributed by atoms with Gasteiger partial charge >= 0.3 is 0 Å². The van der Waals surface area contributed by atoms with Crippen LogP contribution in [0.1, 0.15) is 16.7 Å². The van der Waals surface area contributed by atoms with E-state index >= 15 is 0 Å². The van der Waals surface area contributed by atoms with Gasteiger partial charge in [-0.1, -0.05) is 29.8 Å². The van der Waals surface area contributed by atoms with Crippen LogP contribution in [0.3, 0.4) is 0 Å². The van der Waals surface area contributed by atoms with Gasteiger partial charge in [0.25, 0.3) is 0 Å². The van der Waals surface area contributed by atoms with Gasteiger partial charge in [0.2, 0.25) is 0 Å². The normalized spacial score (nSPS) is 11.6. The minimum atomic E-state index is -3.39. The molecule has 0 heterocycles. The Kier molecular flexibility index (Phi) is 4.20. The number of anilines is 1. The van der Waals surface area contributed by atoms with E-state index in [9.17, 15) is 8.42 Å². The summed E-state index contributed by atoms with van der Waals surface area (Å²) in [6.07, 6.45) is 0. The van der Waals surface area contributed by atoms with E-state index in [1.165, 1.54) is 0 Å². The molecule has 20 heavy (non-hydrogen) atoms. The molecule has 0 aliphatic carbocycles. The van der Waals surface area contributed by atoms with Crippen molar-refractivity contribution in [2.45, 2.75) is 24.5 Å². The quantitative estimate of drug-likeness (QED) is 0.857. The average Bonchev–Trinajstić information content (AvgIpc) is 2.34. The number of rotatable bonds is 3. The maximum absolute atomic E-state index is 12.5. The van der Waals surface area contributed by atoms with Gasteiger partial charge in [-0.25, -0.2) is 8.42 Å². The fourth-order valence-electron chi connectivity index (χ4n) is 2.14. The number of sulfone groups is 1. The summed E-state index contributed by atoms with van der Waals surface area (Å²) in [7, 11) is -3.39. The Bertz CT molecular complexity index is 754. The summed E-state index contributed by atoms with van der Waals surface area (Å²) in [5.41, 5.74) is 8.81. The van der Waals surface area contributed by atoms with Crippen molar-refractivity contribution in [1.29, 1.82) is 0 Å². The monoisotopic (exact) mass is 353 g/mol. The second kappa shape index (κ2) is 5.58. The van der Waals surface area contributed by atoms with Crippen molar-refractivity contribution >= 4 is 31.5 Å². The molecule has 106 valence electrons. The van der Waals surface area contributed by atoms with E-state index < -0.39 is 9.84 Å². The molecule has 0 fully saturated rings. The first-order valence-electron chi connectivity index (χ1n) is 6.14. The van der Waals surface area contributed by atoms with Gasteiger partial charge in [-0.15, -0.1) is 0 Å². The van der Waals surface area contributed by atoms with Crippen molar-refractivity contribution in [3.8, 4) is 0 Å². The molecular weight excluding hydrogens is 338 g/mol. The molecule has 0 atom stereocenters. The Labute approximate surface area is 127 Å². The van der Waals surface area contributed by atoms with Gasteiger partial charge in [0.05, 0.1) is 10.6 Å². The summed E-state index contributed by atoms with van der Waals surface area (Å²) in [5, 5.41) is 0. The number of hydrogen-bond acceptors (Lipinski definition) is 3. The Morgan fingerprint density at radius 2 is 1.85 bits per heavy atom. The molecule has 0 aromatic heterocycles. The van der Waals surface area contributed by atoms with Crippen LogP contribution in [0.25, 0.3) is 0 Å². The van der Waals surface area contributed by atoms with Crippen molar-refractivity contribution in [3.05, 3.63) is 57.6 Å². The molecule has 3 nitrogen and oxygen atoms in total. The minimum absolute atomic E-state index is 0.0669. The molecular formula is C15H16BrNO2S. The average molecular weight is 354 g/mol. The minimum Gasteiger partial charge on any atom is -0.398 e. The van der Waals surface area contributed by atoms with Crippen LogP contribution >= 0.6 is 15.9 Å². The maximum atomic E-state index is 12.5. The van der Waals surface area contributed by atoms with E-state index in [1.54, 1.807) is 24.3 Å². The van der Waals surface area contributed by atoms with Crippen molar-refractivity contribution in [3.63, 3.8) is 0 Å². The van der Waals surface area contributed by atoms with Crippen molar-refractivity contribution < 1.29 is 8.42 Å². The Hall–Kier alpha value is -1.33. The van der Waals surface area contributed by atoms with Crippen molar-refractivity contribution in [1.82, 2.24) is 0 Å². The van der Waals surface area contributed by atoms with Crippen LogP contribution in [0.5, 0.6) is 0 Å². The fourth-order valence-corrected chi connectivity index (χ4v) is 4.36. The number of hydrogen-bond donors (Lipinski definition) is 1.